The van der Waals surface area contributed by atoms with Gasteiger partial charge in [-0.2, -0.15) is 0 Å². The first-order valence-electron chi connectivity index (χ1n) is 6.48. The lowest BCUT2D eigenvalue weighted by atomic mass is 9.94. The maximum atomic E-state index is 12.5. The molecule has 1 atom stereocenters. The van der Waals surface area contributed by atoms with Crippen LogP contribution in [0.15, 0.2) is 18.2 Å². The van der Waals surface area contributed by atoms with Gasteiger partial charge in [-0.1, -0.05) is 17.7 Å². The summed E-state index contributed by atoms with van der Waals surface area (Å²) in [5.41, 5.74) is 2.10. The predicted molar refractivity (Wildman–Crippen MR) is 71.7 cm³/mol. The number of piperidine rings is 1. The van der Waals surface area contributed by atoms with Gasteiger partial charge in [-0.15, -0.1) is 0 Å². The summed E-state index contributed by atoms with van der Waals surface area (Å²) < 4.78 is 0. The maximum absolute atomic E-state index is 12.5. The quantitative estimate of drug-likeness (QED) is 0.827. The van der Waals surface area contributed by atoms with Crippen molar-refractivity contribution in [2.24, 2.45) is 0 Å². The average Bonchev–Trinajstić information content (AvgIpc) is 2.30. The smallest absolute Gasteiger partial charge is 0.254 e. The molecule has 1 N–H and O–H groups in total. The number of likely N-dealkylation sites (tertiary alicyclic amines) is 1. The predicted octanol–water partition coefficient (Wildman–Crippen LogP) is 2.29. The zero-order chi connectivity index (χ0) is 13.3. The Morgan fingerprint density at radius 3 is 2.78 bits per heavy atom. The number of nitrogens with zero attached hydrogens (tertiary/aromatic N) is 1. The summed E-state index contributed by atoms with van der Waals surface area (Å²) >= 11 is 0. The number of benzene rings is 1. The van der Waals surface area contributed by atoms with E-state index in [1.807, 2.05) is 32.0 Å². The van der Waals surface area contributed by atoms with Crippen LogP contribution in [-0.2, 0) is 0 Å². The van der Waals surface area contributed by atoms with Crippen molar-refractivity contribution in [3.63, 3.8) is 0 Å². The number of carbonyl (C=O) groups excluding carboxylic acids is 1. The van der Waals surface area contributed by atoms with Crippen molar-refractivity contribution < 1.29 is 9.90 Å². The fourth-order valence-corrected chi connectivity index (χ4v) is 2.53. The Bertz CT molecular complexity index is 466. The molecule has 1 fully saturated rings. The molecule has 0 saturated carbocycles. The van der Waals surface area contributed by atoms with E-state index in [1.54, 1.807) is 11.8 Å². The first-order chi connectivity index (χ1) is 8.39. The van der Waals surface area contributed by atoms with Gasteiger partial charge in [-0.25, -0.2) is 0 Å². The van der Waals surface area contributed by atoms with Gasteiger partial charge in [-0.3, -0.25) is 4.79 Å². The van der Waals surface area contributed by atoms with Gasteiger partial charge in [0.15, 0.2) is 0 Å². The lowest BCUT2D eigenvalue weighted by Crippen LogP contribution is -2.48. The Morgan fingerprint density at radius 2 is 2.11 bits per heavy atom. The van der Waals surface area contributed by atoms with Crippen LogP contribution >= 0.6 is 0 Å². The zero-order valence-electron chi connectivity index (χ0n) is 11.4. The molecule has 1 aliphatic rings. The molecule has 1 saturated heterocycles. The molecule has 1 aliphatic heterocycles. The minimum atomic E-state index is -0.744. The fourth-order valence-electron chi connectivity index (χ4n) is 2.53. The number of carbonyl (C=O) groups is 1. The molecule has 3 nitrogen and oxygen atoms in total. The van der Waals surface area contributed by atoms with Gasteiger partial charge in [-0.05, 0) is 45.2 Å². The van der Waals surface area contributed by atoms with Crippen molar-refractivity contribution in [1.82, 2.24) is 4.90 Å². The number of β-amino-alcohol motifs (C(OH)–C–C–N with tert-alkyl or cyclic N) is 1. The van der Waals surface area contributed by atoms with Crippen LogP contribution in [0.3, 0.4) is 0 Å². The largest absolute Gasteiger partial charge is 0.388 e. The van der Waals surface area contributed by atoms with E-state index in [0.29, 0.717) is 6.54 Å². The molecule has 3 heteroatoms. The van der Waals surface area contributed by atoms with Crippen LogP contribution in [0.4, 0.5) is 0 Å². The highest BCUT2D eigenvalue weighted by molar-refractivity contribution is 5.96. The lowest BCUT2D eigenvalue weighted by molar-refractivity contribution is -0.0107. The van der Waals surface area contributed by atoms with Crippen LogP contribution in [0, 0.1) is 13.8 Å². The zero-order valence-corrected chi connectivity index (χ0v) is 11.4. The van der Waals surface area contributed by atoms with E-state index >= 15 is 0 Å². The third-order valence-electron chi connectivity index (χ3n) is 3.59. The Hall–Kier alpha value is -1.35. The fraction of sp³-hybridized carbons (Fsp3) is 0.533. The van der Waals surface area contributed by atoms with E-state index in [1.165, 1.54) is 0 Å². The molecule has 1 unspecified atom stereocenters. The van der Waals surface area contributed by atoms with Crippen molar-refractivity contribution in [2.45, 2.75) is 39.2 Å². The van der Waals surface area contributed by atoms with Gasteiger partial charge in [0.2, 0.25) is 0 Å². The molecule has 0 aliphatic carbocycles. The van der Waals surface area contributed by atoms with E-state index in [0.717, 1.165) is 36.1 Å². The lowest BCUT2D eigenvalue weighted by Gasteiger charge is -2.37. The number of hydrogen-bond donors (Lipinski definition) is 1. The van der Waals surface area contributed by atoms with Crippen LogP contribution < -0.4 is 0 Å². The van der Waals surface area contributed by atoms with Gasteiger partial charge in [0.05, 0.1) is 5.60 Å². The summed E-state index contributed by atoms with van der Waals surface area (Å²) in [5.74, 6) is 0.0381. The molecule has 0 spiro atoms. The number of rotatable bonds is 1. The SMILES string of the molecule is Cc1ccc(C)c(C(=O)N2CCCC(C)(O)C2)c1. The maximum Gasteiger partial charge on any atom is 0.254 e. The molecular weight excluding hydrogens is 226 g/mol. The monoisotopic (exact) mass is 247 g/mol. The molecule has 0 bridgehead atoms. The standard InChI is InChI=1S/C15H21NO2/c1-11-5-6-12(2)13(9-11)14(17)16-8-4-7-15(3,18)10-16/h5-6,9,18H,4,7-8,10H2,1-3H3. The van der Waals surface area contributed by atoms with Crippen molar-refractivity contribution in [3.8, 4) is 0 Å². The van der Waals surface area contributed by atoms with E-state index < -0.39 is 5.60 Å². The molecule has 1 aromatic carbocycles. The molecule has 1 heterocycles. The normalized spacial score (nSPS) is 24.1. The molecule has 0 aromatic heterocycles. The van der Waals surface area contributed by atoms with Gasteiger partial charge in [0, 0.05) is 18.7 Å². The summed E-state index contributed by atoms with van der Waals surface area (Å²) in [6.45, 7) is 6.91. The summed E-state index contributed by atoms with van der Waals surface area (Å²) in [4.78, 5) is 14.2. The third-order valence-corrected chi connectivity index (χ3v) is 3.59. The Kier molecular flexibility index (Phi) is 3.44. The second-order valence-electron chi connectivity index (χ2n) is 5.65. The van der Waals surface area contributed by atoms with Crippen LogP contribution in [0.2, 0.25) is 0 Å². The molecular formula is C15H21NO2. The topological polar surface area (TPSA) is 40.5 Å². The van der Waals surface area contributed by atoms with Gasteiger partial charge < -0.3 is 10.0 Å². The minimum absolute atomic E-state index is 0.0381. The van der Waals surface area contributed by atoms with E-state index in [-0.39, 0.29) is 5.91 Å². The third kappa shape index (κ3) is 2.72. The van der Waals surface area contributed by atoms with Gasteiger partial charge in [0.1, 0.15) is 0 Å². The average molecular weight is 247 g/mol. The summed E-state index contributed by atoms with van der Waals surface area (Å²) in [7, 11) is 0. The first-order valence-corrected chi connectivity index (χ1v) is 6.48. The number of aliphatic hydroxyl groups is 1. The summed E-state index contributed by atoms with van der Waals surface area (Å²) in [6.07, 6.45) is 1.63. The highest BCUT2D eigenvalue weighted by Gasteiger charge is 2.31. The highest BCUT2D eigenvalue weighted by Crippen LogP contribution is 2.23. The molecule has 1 amide bonds. The van der Waals surface area contributed by atoms with Crippen LogP contribution in [0.5, 0.6) is 0 Å². The van der Waals surface area contributed by atoms with Crippen molar-refractivity contribution in [3.05, 3.63) is 34.9 Å². The van der Waals surface area contributed by atoms with Crippen LogP contribution in [0.25, 0.3) is 0 Å². The Morgan fingerprint density at radius 1 is 1.39 bits per heavy atom. The van der Waals surface area contributed by atoms with Crippen LogP contribution in [0.1, 0.15) is 41.3 Å². The molecule has 18 heavy (non-hydrogen) atoms. The second-order valence-corrected chi connectivity index (χ2v) is 5.65. The number of aryl methyl sites for hydroxylation is 2. The van der Waals surface area contributed by atoms with E-state index in [4.69, 9.17) is 0 Å². The first kappa shape index (κ1) is 13.1. The Labute approximate surface area is 108 Å². The van der Waals surface area contributed by atoms with Crippen LogP contribution in [-0.4, -0.2) is 34.6 Å². The molecule has 98 valence electrons. The van der Waals surface area contributed by atoms with Crippen molar-refractivity contribution in [2.75, 3.05) is 13.1 Å². The molecule has 2 rings (SSSR count). The summed E-state index contributed by atoms with van der Waals surface area (Å²) in [6, 6.07) is 5.92. The van der Waals surface area contributed by atoms with Gasteiger partial charge in [0.25, 0.3) is 5.91 Å². The van der Waals surface area contributed by atoms with Gasteiger partial charge >= 0.3 is 0 Å². The van der Waals surface area contributed by atoms with E-state index in [9.17, 15) is 9.90 Å². The molecule has 1 aromatic rings. The second kappa shape index (κ2) is 4.73. The molecule has 0 radical (unpaired) electrons. The minimum Gasteiger partial charge on any atom is -0.388 e. The Balaban J connectivity index is 2.23. The number of amides is 1. The number of hydrogen-bond acceptors (Lipinski definition) is 2. The van der Waals surface area contributed by atoms with Crippen molar-refractivity contribution >= 4 is 5.91 Å². The van der Waals surface area contributed by atoms with E-state index in [2.05, 4.69) is 0 Å². The highest BCUT2D eigenvalue weighted by atomic mass is 16.3. The summed E-state index contributed by atoms with van der Waals surface area (Å²) in [5, 5.41) is 10.1. The van der Waals surface area contributed by atoms with Crippen molar-refractivity contribution in [1.29, 1.82) is 0 Å².